The molecule has 1 saturated heterocycles. The van der Waals surface area contributed by atoms with Gasteiger partial charge in [-0.2, -0.15) is 4.80 Å². The van der Waals surface area contributed by atoms with Gasteiger partial charge in [-0.15, -0.1) is 10.2 Å². The molecule has 0 saturated carbocycles. The molecular weight excluding hydrogens is 418 g/mol. The number of likely N-dealkylation sites (tertiary alicyclic amines) is 1. The number of carbonyl (C=O) groups is 2. The van der Waals surface area contributed by atoms with Crippen LogP contribution in [-0.2, 0) is 11.3 Å². The van der Waals surface area contributed by atoms with Gasteiger partial charge < -0.3 is 15.5 Å². The second-order valence-corrected chi connectivity index (χ2v) is 7.71. The van der Waals surface area contributed by atoms with Crippen molar-refractivity contribution < 1.29 is 9.59 Å². The van der Waals surface area contributed by atoms with E-state index in [1.807, 2.05) is 30.3 Å². The van der Waals surface area contributed by atoms with Gasteiger partial charge in [-0.25, -0.2) is 4.79 Å². The molecule has 0 atom stereocenters. The van der Waals surface area contributed by atoms with Crippen molar-refractivity contribution in [2.24, 2.45) is 0 Å². The quantitative estimate of drug-likeness (QED) is 0.636. The molecule has 2 aromatic carbocycles. The Hall–Kier alpha value is -3.46. The summed E-state index contributed by atoms with van der Waals surface area (Å²) in [7, 11) is 0. The molecule has 0 bridgehead atoms. The Bertz CT molecular complexity index is 1030. The fourth-order valence-corrected chi connectivity index (χ4v) is 3.50. The minimum atomic E-state index is -0.188. The van der Waals surface area contributed by atoms with Crippen molar-refractivity contribution in [2.75, 3.05) is 18.4 Å². The number of rotatable bonds is 5. The van der Waals surface area contributed by atoms with Gasteiger partial charge >= 0.3 is 6.03 Å². The highest BCUT2D eigenvalue weighted by molar-refractivity contribution is 6.30. The number of carbonyl (C=O) groups excluding carboxylic acids is 2. The predicted molar refractivity (Wildman–Crippen MR) is 116 cm³/mol. The van der Waals surface area contributed by atoms with Gasteiger partial charge in [0.05, 0.1) is 0 Å². The molecule has 31 heavy (non-hydrogen) atoms. The number of urea groups is 1. The van der Waals surface area contributed by atoms with Gasteiger partial charge in [0.1, 0.15) is 6.54 Å². The monoisotopic (exact) mass is 439 g/mol. The maximum Gasteiger partial charge on any atom is 0.321 e. The van der Waals surface area contributed by atoms with Crippen molar-refractivity contribution >= 4 is 29.2 Å². The molecule has 1 fully saturated rings. The van der Waals surface area contributed by atoms with Crippen molar-refractivity contribution in [3.05, 3.63) is 59.6 Å². The van der Waals surface area contributed by atoms with Gasteiger partial charge in [-0.3, -0.25) is 4.79 Å². The highest BCUT2D eigenvalue weighted by atomic mass is 35.5. The number of benzene rings is 2. The third-order valence-electron chi connectivity index (χ3n) is 5.01. The van der Waals surface area contributed by atoms with Crippen LogP contribution in [0.1, 0.15) is 12.8 Å². The van der Waals surface area contributed by atoms with Gasteiger partial charge in [0, 0.05) is 35.4 Å². The van der Waals surface area contributed by atoms with E-state index < -0.39 is 0 Å². The summed E-state index contributed by atoms with van der Waals surface area (Å²) in [6.07, 6.45) is 1.38. The lowest BCUT2D eigenvalue weighted by molar-refractivity contribution is -0.123. The third kappa shape index (κ3) is 5.58. The average Bonchev–Trinajstić information content (AvgIpc) is 3.23. The minimum Gasteiger partial charge on any atom is -0.352 e. The zero-order valence-corrected chi connectivity index (χ0v) is 17.5. The second kappa shape index (κ2) is 9.57. The van der Waals surface area contributed by atoms with Gasteiger partial charge in [0.15, 0.2) is 0 Å². The van der Waals surface area contributed by atoms with Gasteiger partial charge in [0.25, 0.3) is 0 Å². The van der Waals surface area contributed by atoms with Crippen LogP contribution in [0.2, 0.25) is 5.02 Å². The van der Waals surface area contributed by atoms with E-state index in [0.717, 1.165) is 11.3 Å². The third-order valence-corrected chi connectivity index (χ3v) is 5.26. The number of aromatic nitrogens is 4. The summed E-state index contributed by atoms with van der Waals surface area (Å²) < 4.78 is 0. The molecular formula is C21H22ClN7O2. The van der Waals surface area contributed by atoms with Crippen LogP contribution >= 0.6 is 11.6 Å². The molecule has 1 aliphatic rings. The van der Waals surface area contributed by atoms with E-state index in [1.54, 1.807) is 29.2 Å². The van der Waals surface area contributed by atoms with Crippen LogP contribution in [0.25, 0.3) is 11.4 Å². The number of amides is 3. The Labute approximate surface area is 184 Å². The number of nitrogens with one attached hydrogen (secondary N) is 2. The van der Waals surface area contributed by atoms with E-state index in [4.69, 9.17) is 11.6 Å². The first-order chi connectivity index (χ1) is 15.1. The number of halogens is 1. The lowest BCUT2D eigenvalue weighted by Crippen LogP contribution is -2.48. The molecule has 4 rings (SSSR count). The van der Waals surface area contributed by atoms with Crippen LogP contribution < -0.4 is 10.6 Å². The SMILES string of the molecule is O=C(Cn1nnc(-c2ccc(Cl)cc2)n1)NC1CCN(C(=O)Nc2ccccc2)CC1. The largest absolute Gasteiger partial charge is 0.352 e. The molecule has 2 N–H and O–H groups in total. The smallest absolute Gasteiger partial charge is 0.321 e. The highest BCUT2D eigenvalue weighted by Crippen LogP contribution is 2.17. The summed E-state index contributed by atoms with van der Waals surface area (Å²) in [6, 6.07) is 16.3. The molecule has 3 aromatic rings. The van der Waals surface area contributed by atoms with Crippen LogP contribution in [0.15, 0.2) is 54.6 Å². The van der Waals surface area contributed by atoms with Crippen LogP contribution in [0.5, 0.6) is 0 Å². The Balaban J connectivity index is 1.23. The lowest BCUT2D eigenvalue weighted by Gasteiger charge is -2.32. The summed E-state index contributed by atoms with van der Waals surface area (Å²) in [5.74, 6) is 0.245. The molecule has 1 aliphatic heterocycles. The maximum absolute atomic E-state index is 12.4. The second-order valence-electron chi connectivity index (χ2n) is 7.28. The first-order valence-corrected chi connectivity index (χ1v) is 10.4. The van der Waals surface area contributed by atoms with Crippen LogP contribution in [0.3, 0.4) is 0 Å². The number of para-hydroxylation sites is 1. The van der Waals surface area contributed by atoms with E-state index in [-0.39, 0.29) is 24.5 Å². The molecule has 160 valence electrons. The normalized spacial score (nSPS) is 14.3. The molecule has 10 heteroatoms. The van der Waals surface area contributed by atoms with E-state index in [9.17, 15) is 9.59 Å². The summed E-state index contributed by atoms with van der Waals surface area (Å²) >= 11 is 5.89. The zero-order valence-electron chi connectivity index (χ0n) is 16.7. The highest BCUT2D eigenvalue weighted by Gasteiger charge is 2.24. The van der Waals surface area contributed by atoms with Crippen LogP contribution in [0, 0.1) is 0 Å². The van der Waals surface area contributed by atoms with Crippen molar-refractivity contribution in [1.82, 2.24) is 30.4 Å². The molecule has 0 spiro atoms. The summed E-state index contributed by atoms with van der Waals surface area (Å²) in [5.41, 5.74) is 1.54. The van der Waals surface area contributed by atoms with Gasteiger partial charge in [-0.1, -0.05) is 29.8 Å². The maximum atomic E-state index is 12.4. The molecule has 2 heterocycles. The van der Waals surface area contributed by atoms with Crippen LogP contribution in [0.4, 0.5) is 10.5 Å². The number of piperidine rings is 1. The summed E-state index contributed by atoms with van der Waals surface area (Å²) in [5, 5.41) is 18.7. The molecule has 3 amide bonds. The number of tetrazole rings is 1. The predicted octanol–water partition coefficient (Wildman–Crippen LogP) is 2.81. The molecule has 0 radical (unpaired) electrons. The number of nitrogens with zero attached hydrogens (tertiary/aromatic N) is 5. The van der Waals surface area contributed by atoms with Crippen LogP contribution in [-0.4, -0.2) is 56.2 Å². The summed E-state index contributed by atoms with van der Waals surface area (Å²) in [6.45, 7) is 1.13. The fourth-order valence-electron chi connectivity index (χ4n) is 3.38. The summed E-state index contributed by atoms with van der Waals surface area (Å²) in [4.78, 5) is 27.8. The van der Waals surface area contributed by atoms with E-state index in [1.165, 1.54) is 4.80 Å². The lowest BCUT2D eigenvalue weighted by atomic mass is 10.1. The Kier molecular flexibility index (Phi) is 6.42. The number of hydrogen-bond acceptors (Lipinski definition) is 5. The first-order valence-electron chi connectivity index (χ1n) is 10.0. The van der Waals surface area contributed by atoms with Gasteiger partial charge in [0.2, 0.25) is 11.7 Å². The fraction of sp³-hybridized carbons (Fsp3) is 0.286. The molecule has 1 aromatic heterocycles. The first kappa shape index (κ1) is 20.8. The van der Waals surface area contributed by atoms with E-state index in [2.05, 4.69) is 26.0 Å². The van der Waals surface area contributed by atoms with Gasteiger partial charge in [-0.05, 0) is 54.5 Å². The van der Waals surface area contributed by atoms with E-state index in [0.29, 0.717) is 36.8 Å². The number of anilines is 1. The Morgan fingerprint density at radius 1 is 1.03 bits per heavy atom. The van der Waals surface area contributed by atoms with Crippen molar-refractivity contribution in [3.63, 3.8) is 0 Å². The molecule has 9 nitrogen and oxygen atoms in total. The van der Waals surface area contributed by atoms with Crippen molar-refractivity contribution in [1.29, 1.82) is 0 Å². The van der Waals surface area contributed by atoms with Crippen molar-refractivity contribution in [2.45, 2.75) is 25.4 Å². The standard InChI is InChI=1S/C21H22ClN7O2/c22-16-8-6-15(7-9-16)20-25-27-29(26-20)14-19(30)23-18-10-12-28(13-11-18)21(31)24-17-4-2-1-3-5-17/h1-9,18H,10-14H2,(H,23,30)(H,24,31). The molecule has 0 unspecified atom stereocenters. The van der Waals surface area contributed by atoms with E-state index >= 15 is 0 Å². The number of hydrogen-bond donors (Lipinski definition) is 2. The Morgan fingerprint density at radius 2 is 1.74 bits per heavy atom. The van der Waals surface area contributed by atoms with Crippen molar-refractivity contribution in [3.8, 4) is 11.4 Å². The molecule has 0 aliphatic carbocycles. The average molecular weight is 440 g/mol. The minimum absolute atomic E-state index is 0.00697. The zero-order chi connectivity index (χ0) is 21.6. The topological polar surface area (TPSA) is 105 Å². The Morgan fingerprint density at radius 3 is 2.45 bits per heavy atom.